The van der Waals surface area contributed by atoms with Crippen LogP contribution in [0.2, 0.25) is 0 Å². The third-order valence-electron chi connectivity index (χ3n) is 4.22. The van der Waals surface area contributed by atoms with Gasteiger partial charge in [-0.3, -0.25) is 9.59 Å². The summed E-state index contributed by atoms with van der Waals surface area (Å²) in [5.41, 5.74) is 1.08. The van der Waals surface area contributed by atoms with Gasteiger partial charge < -0.3 is 15.0 Å². The normalized spacial score (nSPS) is 12.8. The Morgan fingerprint density at radius 3 is 2.56 bits per heavy atom. The quantitative estimate of drug-likeness (QED) is 0.656. The van der Waals surface area contributed by atoms with Crippen molar-refractivity contribution < 1.29 is 28.3 Å². The molecule has 0 radical (unpaired) electrons. The number of carbonyl (C=O) groups excluding carboxylic acids is 2. The molecule has 3 rings (SSSR count). The number of aliphatic carboxylic acids is 1. The zero-order valence-electron chi connectivity index (χ0n) is 13.2. The van der Waals surface area contributed by atoms with Gasteiger partial charge in [0.25, 0.3) is 11.7 Å². The van der Waals surface area contributed by atoms with E-state index in [0.29, 0.717) is 25.1 Å². The molecule has 130 valence electrons. The van der Waals surface area contributed by atoms with E-state index in [-0.39, 0.29) is 22.5 Å². The number of Topliss-reactive ketones (excluding diaryl/α,β-unsaturated/α-hetero) is 1. The summed E-state index contributed by atoms with van der Waals surface area (Å²) in [5, 5.41) is 11.5. The fraction of sp³-hybridized carbons (Fsp3) is 0.235. The van der Waals surface area contributed by atoms with Crippen LogP contribution in [0.5, 0.6) is 0 Å². The van der Waals surface area contributed by atoms with Gasteiger partial charge in [-0.05, 0) is 37.5 Å². The minimum atomic E-state index is -1.59. The van der Waals surface area contributed by atoms with E-state index in [1.807, 2.05) is 0 Å². The van der Waals surface area contributed by atoms with Crippen LogP contribution in [0.1, 0.15) is 38.5 Å². The number of carbonyl (C=O) groups is 3. The van der Waals surface area contributed by atoms with Crippen LogP contribution < -0.4 is 5.32 Å². The average Bonchev–Trinajstić information content (AvgIpc) is 3.09. The number of aromatic nitrogens is 1. The zero-order valence-corrected chi connectivity index (χ0v) is 13.2. The van der Waals surface area contributed by atoms with Crippen LogP contribution >= 0.6 is 0 Å². The number of anilines is 1. The maximum absolute atomic E-state index is 13.3. The molecule has 2 heterocycles. The van der Waals surface area contributed by atoms with E-state index in [4.69, 9.17) is 5.11 Å². The Morgan fingerprint density at radius 1 is 1.20 bits per heavy atom. The van der Waals surface area contributed by atoms with Gasteiger partial charge >= 0.3 is 5.97 Å². The fourth-order valence-electron chi connectivity index (χ4n) is 3.18. The molecule has 0 saturated heterocycles. The van der Waals surface area contributed by atoms with E-state index >= 15 is 0 Å². The van der Waals surface area contributed by atoms with Crippen LogP contribution in [0.15, 0.2) is 18.2 Å². The Bertz CT molecular complexity index is 918. The van der Waals surface area contributed by atoms with E-state index in [9.17, 15) is 23.2 Å². The van der Waals surface area contributed by atoms with Crippen molar-refractivity contribution in [1.29, 1.82) is 0 Å². The van der Waals surface area contributed by atoms with Gasteiger partial charge in [-0.1, -0.05) is 0 Å². The highest BCUT2D eigenvalue weighted by atomic mass is 19.2. The topological polar surface area (TPSA) is 88.4 Å². The lowest BCUT2D eigenvalue weighted by atomic mass is 10.0. The summed E-state index contributed by atoms with van der Waals surface area (Å²) in [6, 6.07) is 2.95. The first-order valence-electron chi connectivity index (χ1n) is 7.57. The second-order valence-corrected chi connectivity index (χ2v) is 5.77. The summed E-state index contributed by atoms with van der Waals surface area (Å²) in [6.07, 6.45) is 1.20. The van der Waals surface area contributed by atoms with Crippen molar-refractivity contribution in [1.82, 2.24) is 4.57 Å². The van der Waals surface area contributed by atoms with Gasteiger partial charge in [0.15, 0.2) is 11.6 Å². The molecule has 0 aliphatic carbocycles. The molecular formula is C17H14F2N2O4. The summed E-state index contributed by atoms with van der Waals surface area (Å²) in [4.78, 5) is 35.6. The van der Waals surface area contributed by atoms with Gasteiger partial charge in [-0.25, -0.2) is 13.6 Å². The smallest absolute Gasteiger partial charge is 0.378 e. The van der Waals surface area contributed by atoms with E-state index in [1.54, 1.807) is 4.57 Å². The molecule has 1 aliphatic rings. The second-order valence-electron chi connectivity index (χ2n) is 5.77. The highest BCUT2D eigenvalue weighted by Gasteiger charge is 2.32. The van der Waals surface area contributed by atoms with Gasteiger partial charge in [0.1, 0.15) is 5.69 Å². The summed E-state index contributed by atoms with van der Waals surface area (Å²) < 4.78 is 27.8. The maximum atomic E-state index is 13.3. The molecule has 6 nitrogen and oxygen atoms in total. The van der Waals surface area contributed by atoms with Crippen LogP contribution in [-0.2, 0) is 17.8 Å². The number of amides is 1. The number of nitrogens with one attached hydrogen (secondary N) is 1. The highest BCUT2D eigenvalue weighted by molar-refractivity contribution is 6.40. The number of hydrogen-bond acceptors (Lipinski definition) is 3. The Balaban J connectivity index is 2.01. The van der Waals surface area contributed by atoms with Crippen LogP contribution in [0.25, 0.3) is 0 Å². The monoisotopic (exact) mass is 348 g/mol. The van der Waals surface area contributed by atoms with Gasteiger partial charge in [-0.2, -0.15) is 0 Å². The maximum Gasteiger partial charge on any atom is 0.378 e. The van der Waals surface area contributed by atoms with E-state index in [1.165, 1.54) is 13.0 Å². The lowest BCUT2D eigenvalue weighted by molar-refractivity contribution is -0.131. The number of ketones is 1. The molecule has 1 aliphatic heterocycles. The van der Waals surface area contributed by atoms with Gasteiger partial charge in [0.05, 0.1) is 5.56 Å². The number of carboxylic acids is 1. The number of carboxylic acid groups (broad SMARTS) is 1. The molecule has 8 heteroatoms. The van der Waals surface area contributed by atoms with E-state index < -0.39 is 29.3 Å². The van der Waals surface area contributed by atoms with E-state index in [2.05, 4.69) is 5.32 Å². The molecule has 0 spiro atoms. The molecule has 0 bridgehead atoms. The number of halogens is 2. The lowest BCUT2D eigenvalue weighted by Crippen LogP contribution is -2.18. The van der Waals surface area contributed by atoms with Crippen molar-refractivity contribution >= 4 is 23.3 Å². The average molecular weight is 348 g/mol. The molecule has 2 aromatic rings. The first-order chi connectivity index (χ1) is 11.8. The van der Waals surface area contributed by atoms with Crippen LogP contribution in [0, 0.1) is 18.6 Å². The van der Waals surface area contributed by atoms with Crippen molar-refractivity contribution in [3.8, 4) is 0 Å². The van der Waals surface area contributed by atoms with Crippen molar-refractivity contribution in [3.63, 3.8) is 0 Å². The SMILES string of the molecule is Cc1c(C(=O)Nc2ccc(F)c(F)c2)c2n(c1C(=O)C(=O)O)CCC2. The number of hydrogen-bond donors (Lipinski definition) is 2. The standard InChI is InChI=1S/C17H14F2N2O4/c1-8-13(16(23)20-9-4-5-10(18)11(19)7-9)12-3-2-6-21(12)14(8)15(22)17(24)25/h4-5,7H,2-3,6H2,1H3,(H,20,23)(H,24,25). The van der Waals surface area contributed by atoms with Gasteiger partial charge in [-0.15, -0.1) is 0 Å². The number of rotatable bonds is 4. The predicted octanol–water partition coefficient (Wildman–Crippen LogP) is 2.54. The fourth-order valence-corrected chi connectivity index (χ4v) is 3.18. The largest absolute Gasteiger partial charge is 0.475 e. The molecule has 25 heavy (non-hydrogen) atoms. The molecule has 0 fully saturated rings. The molecule has 2 N–H and O–H groups in total. The Hall–Kier alpha value is -3.03. The number of nitrogens with zero attached hydrogens (tertiary/aromatic N) is 1. The van der Waals surface area contributed by atoms with Crippen LogP contribution in [0.3, 0.4) is 0 Å². The highest BCUT2D eigenvalue weighted by Crippen LogP contribution is 2.30. The van der Waals surface area contributed by atoms with Crippen molar-refractivity contribution in [2.45, 2.75) is 26.3 Å². The van der Waals surface area contributed by atoms with E-state index in [0.717, 1.165) is 12.1 Å². The van der Waals surface area contributed by atoms with Crippen molar-refractivity contribution in [2.24, 2.45) is 0 Å². The number of fused-ring (bicyclic) bond motifs is 1. The summed E-state index contributed by atoms with van der Waals surface area (Å²) in [6.45, 7) is 1.95. The molecule has 1 aromatic carbocycles. The Labute approximate surface area is 141 Å². The van der Waals surface area contributed by atoms with Gasteiger partial charge in [0, 0.05) is 24.0 Å². The van der Waals surface area contributed by atoms with Crippen LogP contribution in [-0.4, -0.2) is 27.3 Å². The summed E-state index contributed by atoms with van der Waals surface area (Å²) in [5.74, 6) is -5.40. The number of benzene rings is 1. The summed E-state index contributed by atoms with van der Waals surface area (Å²) in [7, 11) is 0. The first kappa shape index (κ1) is 16.8. The second kappa shape index (κ2) is 6.12. The molecule has 1 aromatic heterocycles. The molecule has 0 saturated carbocycles. The summed E-state index contributed by atoms with van der Waals surface area (Å²) >= 11 is 0. The molecule has 0 unspecified atom stereocenters. The molecule has 1 amide bonds. The first-order valence-corrected chi connectivity index (χ1v) is 7.57. The van der Waals surface area contributed by atoms with Gasteiger partial charge in [0.2, 0.25) is 0 Å². The third kappa shape index (κ3) is 2.79. The van der Waals surface area contributed by atoms with Crippen molar-refractivity contribution in [2.75, 3.05) is 5.32 Å². The molecule has 0 atom stereocenters. The minimum Gasteiger partial charge on any atom is -0.475 e. The van der Waals surface area contributed by atoms with Crippen molar-refractivity contribution in [3.05, 3.63) is 52.3 Å². The Kier molecular flexibility index (Phi) is 4.12. The molecular weight excluding hydrogens is 334 g/mol. The zero-order chi connectivity index (χ0) is 18.3. The minimum absolute atomic E-state index is 0.0181. The van der Waals surface area contributed by atoms with Crippen LogP contribution in [0.4, 0.5) is 14.5 Å². The lowest BCUT2D eigenvalue weighted by Gasteiger charge is -2.07. The predicted molar refractivity (Wildman–Crippen MR) is 83.8 cm³/mol. The Morgan fingerprint density at radius 2 is 1.92 bits per heavy atom. The third-order valence-corrected chi connectivity index (χ3v) is 4.22.